The number of aromatic hydroxyl groups is 1. The Morgan fingerprint density at radius 2 is 1.60 bits per heavy atom. The van der Waals surface area contributed by atoms with E-state index in [4.69, 9.17) is 0 Å². The maximum Gasteiger partial charge on any atom is 0.255 e. The van der Waals surface area contributed by atoms with Gasteiger partial charge in [0, 0.05) is 24.7 Å². The second kappa shape index (κ2) is 7.38. The summed E-state index contributed by atoms with van der Waals surface area (Å²) < 4.78 is 0. The summed E-state index contributed by atoms with van der Waals surface area (Å²) in [7, 11) is 0. The van der Waals surface area contributed by atoms with Gasteiger partial charge in [0.25, 0.3) is 11.8 Å². The number of likely N-dealkylation sites (tertiary alicyclic amines) is 1. The van der Waals surface area contributed by atoms with Gasteiger partial charge in [-0.1, -0.05) is 30.3 Å². The van der Waals surface area contributed by atoms with Crippen LogP contribution in [0.4, 0.5) is 0 Å². The second-order valence-electron chi connectivity index (χ2n) is 6.37. The average Bonchev–Trinajstić information content (AvgIpc) is 2.62. The van der Waals surface area contributed by atoms with E-state index in [1.165, 1.54) is 6.07 Å². The van der Waals surface area contributed by atoms with Crippen LogP contribution in [0.5, 0.6) is 5.75 Å². The van der Waals surface area contributed by atoms with Gasteiger partial charge in [-0.05, 0) is 43.5 Å². The lowest BCUT2D eigenvalue weighted by molar-refractivity contribution is 0.0697. The van der Waals surface area contributed by atoms with E-state index in [9.17, 15) is 14.7 Å². The van der Waals surface area contributed by atoms with Crippen LogP contribution in [-0.2, 0) is 0 Å². The molecule has 0 aromatic heterocycles. The van der Waals surface area contributed by atoms with E-state index in [-0.39, 0.29) is 29.2 Å². The van der Waals surface area contributed by atoms with Crippen LogP contribution < -0.4 is 5.32 Å². The zero-order valence-corrected chi connectivity index (χ0v) is 14.2. The molecule has 0 atom stereocenters. The van der Waals surface area contributed by atoms with Gasteiger partial charge in [-0.15, -0.1) is 0 Å². The third-order valence-electron chi connectivity index (χ3n) is 4.64. The molecule has 2 aromatic rings. The summed E-state index contributed by atoms with van der Waals surface area (Å²) in [4.78, 5) is 26.7. The number of benzene rings is 2. The van der Waals surface area contributed by atoms with Crippen molar-refractivity contribution in [3.63, 3.8) is 0 Å². The quantitative estimate of drug-likeness (QED) is 0.904. The number of rotatable bonds is 3. The smallest absolute Gasteiger partial charge is 0.255 e. The molecule has 0 bridgehead atoms. The van der Waals surface area contributed by atoms with Crippen LogP contribution in [0.25, 0.3) is 0 Å². The number of carbonyl (C=O) groups excluding carboxylic acids is 2. The van der Waals surface area contributed by atoms with Gasteiger partial charge >= 0.3 is 0 Å². The van der Waals surface area contributed by atoms with E-state index >= 15 is 0 Å². The first kappa shape index (κ1) is 17.0. The Labute approximate surface area is 147 Å². The summed E-state index contributed by atoms with van der Waals surface area (Å²) >= 11 is 0. The van der Waals surface area contributed by atoms with E-state index in [0.29, 0.717) is 25.9 Å². The topological polar surface area (TPSA) is 69.6 Å². The van der Waals surface area contributed by atoms with E-state index in [2.05, 4.69) is 5.32 Å². The van der Waals surface area contributed by atoms with E-state index in [1.54, 1.807) is 18.2 Å². The lowest BCUT2D eigenvalue weighted by Gasteiger charge is -2.32. The fraction of sp³-hybridized carbons (Fsp3) is 0.300. The molecule has 2 aromatic carbocycles. The van der Waals surface area contributed by atoms with Crippen LogP contribution >= 0.6 is 0 Å². The fourth-order valence-electron chi connectivity index (χ4n) is 3.14. The number of para-hydroxylation sites is 1. The summed E-state index contributed by atoms with van der Waals surface area (Å²) in [5, 5.41) is 12.7. The molecule has 130 valence electrons. The predicted octanol–water partition coefficient (Wildman–Crippen LogP) is 2.74. The van der Waals surface area contributed by atoms with Gasteiger partial charge in [0.1, 0.15) is 5.75 Å². The summed E-state index contributed by atoms with van der Waals surface area (Å²) in [6, 6.07) is 14.1. The Morgan fingerprint density at radius 1 is 1.00 bits per heavy atom. The first-order valence-electron chi connectivity index (χ1n) is 8.50. The standard InChI is InChI=1S/C20H22N2O3/c1-14-6-2-3-7-16(14)20(25)22-12-10-15(11-13-22)21-19(24)17-8-4-5-9-18(17)23/h2-9,15,23H,10-13H2,1H3,(H,21,24). The summed E-state index contributed by atoms with van der Waals surface area (Å²) in [5.41, 5.74) is 1.99. The lowest BCUT2D eigenvalue weighted by Crippen LogP contribution is -2.46. The molecular weight excluding hydrogens is 316 g/mol. The summed E-state index contributed by atoms with van der Waals surface area (Å²) in [6.07, 6.45) is 1.41. The molecule has 5 nitrogen and oxygen atoms in total. The minimum atomic E-state index is -0.276. The maximum absolute atomic E-state index is 12.6. The van der Waals surface area contributed by atoms with Gasteiger partial charge in [-0.3, -0.25) is 9.59 Å². The molecule has 1 saturated heterocycles. The Kier molecular flexibility index (Phi) is 5.03. The highest BCUT2D eigenvalue weighted by molar-refractivity contribution is 5.97. The van der Waals surface area contributed by atoms with Crippen molar-refractivity contribution in [3.05, 3.63) is 65.2 Å². The molecule has 5 heteroatoms. The lowest BCUT2D eigenvalue weighted by atomic mass is 10.0. The number of nitrogens with zero attached hydrogens (tertiary/aromatic N) is 1. The number of phenols is 1. The summed E-state index contributed by atoms with van der Waals surface area (Å²) in [5.74, 6) is -0.252. The number of amides is 2. The molecule has 0 radical (unpaired) electrons. The molecule has 0 saturated carbocycles. The Bertz CT molecular complexity index is 780. The monoisotopic (exact) mass is 338 g/mol. The highest BCUT2D eigenvalue weighted by Gasteiger charge is 2.25. The third kappa shape index (κ3) is 3.82. The van der Waals surface area contributed by atoms with Crippen LogP contribution in [0, 0.1) is 6.92 Å². The van der Waals surface area contributed by atoms with Gasteiger partial charge in [-0.2, -0.15) is 0 Å². The van der Waals surface area contributed by atoms with Crippen LogP contribution in [0.3, 0.4) is 0 Å². The van der Waals surface area contributed by atoms with Gasteiger partial charge in [0.05, 0.1) is 5.56 Å². The molecule has 1 heterocycles. The highest BCUT2D eigenvalue weighted by atomic mass is 16.3. The van der Waals surface area contributed by atoms with Crippen molar-refractivity contribution in [2.24, 2.45) is 0 Å². The number of piperidine rings is 1. The van der Waals surface area contributed by atoms with Crippen molar-refractivity contribution in [1.82, 2.24) is 10.2 Å². The van der Waals surface area contributed by atoms with E-state index in [0.717, 1.165) is 11.1 Å². The number of hydrogen-bond donors (Lipinski definition) is 2. The number of nitrogens with one attached hydrogen (secondary N) is 1. The highest BCUT2D eigenvalue weighted by Crippen LogP contribution is 2.19. The van der Waals surface area contributed by atoms with E-state index < -0.39 is 0 Å². The molecule has 0 spiro atoms. The number of phenolic OH excluding ortho intramolecular Hbond substituents is 1. The van der Waals surface area contributed by atoms with E-state index in [1.807, 2.05) is 36.1 Å². The largest absolute Gasteiger partial charge is 0.507 e. The van der Waals surface area contributed by atoms with Crippen LogP contribution in [0.2, 0.25) is 0 Å². The first-order chi connectivity index (χ1) is 12.1. The second-order valence-corrected chi connectivity index (χ2v) is 6.37. The minimum Gasteiger partial charge on any atom is -0.507 e. The number of hydrogen-bond acceptors (Lipinski definition) is 3. The molecular formula is C20H22N2O3. The van der Waals surface area contributed by atoms with Crippen molar-refractivity contribution in [3.8, 4) is 5.75 Å². The predicted molar refractivity (Wildman–Crippen MR) is 95.7 cm³/mol. The van der Waals surface area contributed by atoms with Crippen molar-refractivity contribution in [1.29, 1.82) is 0 Å². The average molecular weight is 338 g/mol. The SMILES string of the molecule is Cc1ccccc1C(=O)N1CCC(NC(=O)c2ccccc2O)CC1. The van der Waals surface area contributed by atoms with Crippen LogP contribution in [0.15, 0.2) is 48.5 Å². The Morgan fingerprint density at radius 3 is 2.24 bits per heavy atom. The van der Waals surface area contributed by atoms with Gasteiger partial charge < -0.3 is 15.3 Å². The molecule has 1 aliphatic heterocycles. The Hall–Kier alpha value is -2.82. The fourth-order valence-corrected chi connectivity index (χ4v) is 3.14. The van der Waals surface area contributed by atoms with Crippen molar-refractivity contribution >= 4 is 11.8 Å². The van der Waals surface area contributed by atoms with Crippen molar-refractivity contribution in [2.45, 2.75) is 25.8 Å². The third-order valence-corrected chi connectivity index (χ3v) is 4.64. The first-order valence-corrected chi connectivity index (χ1v) is 8.50. The molecule has 2 N–H and O–H groups in total. The minimum absolute atomic E-state index is 0.00743. The molecule has 3 rings (SSSR count). The zero-order valence-electron chi connectivity index (χ0n) is 14.2. The van der Waals surface area contributed by atoms with Crippen molar-refractivity contribution in [2.75, 3.05) is 13.1 Å². The molecule has 0 aliphatic carbocycles. The number of carbonyl (C=O) groups is 2. The van der Waals surface area contributed by atoms with Gasteiger partial charge in [-0.25, -0.2) is 0 Å². The maximum atomic E-state index is 12.6. The molecule has 0 unspecified atom stereocenters. The normalized spacial score (nSPS) is 15.0. The number of aryl methyl sites for hydroxylation is 1. The molecule has 1 aliphatic rings. The summed E-state index contributed by atoms with van der Waals surface area (Å²) in [6.45, 7) is 3.16. The van der Waals surface area contributed by atoms with Crippen LogP contribution in [0.1, 0.15) is 39.1 Å². The van der Waals surface area contributed by atoms with Gasteiger partial charge in [0.15, 0.2) is 0 Å². The zero-order chi connectivity index (χ0) is 17.8. The van der Waals surface area contributed by atoms with Gasteiger partial charge in [0.2, 0.25) is 0 Å². The molecule has 25 heavy (non-hydrogen) atoms. The van der Waals surface area contributed by atoms with Crippen molar-refractivity contribution < 1.29 is 14.7 Å². The molecule has 1 fully saturated rings. The Balaban J connectivity index is 1.57. The van der Waals surface area contributed by atoms with Crippen LogP contribution in [-0.4, -0.2) is 41.0 Å². The molecule has 2 amide bonds.